The third kappa shape index (κ3) is 6.33. The molecule has 1 rings (SSSR count). The van der Waals surface area contributed by atoms with Crippen LogP contribution in [0.15, 0.2) is 30.3 Å². The average molecular weight is 278 g/mol. The van der Waals surface area contributed by atoms with Crippen LogP contribution in [0.25, 0.3) is 0 Å². The molecule has 0 saturated heterocycles. The normalized spacial score (nSPS) is 12.2. The van der Waals surface area contributed by atoms with Crippen molar-refractivity contribution in [3.05, 3.63) is 30.3 Å². The molecule has 3 N–H and O–H groups in total. The molecule has 5 nitrogen and oxygen atoms in total. The Balaban J connectivity index is 2.31. The molecular weight excluding hydrogens is 256 g/mol. The van der Waals surface area contributed by atoms with Crippen LogP contribution in [0.5, 0.6) is 0 Å². The summed E-state index contributed by atoms with van der Waals surface area (Å²) in [6.07, 6.45) is 0.798. The van der Waals surface area contributed by atoms with Gasteiger partial charge < -0.3 is 15.7 Å². The Morgan fingerprint density at radius 2 is 1.85 bits per heavy atom. The van der Waals surface area contributed by atoms with Gasteiger partial charge in [-0.3, -0.25) is 9.59 Å². The van der Waals surface area contributed by atoms with Gasteiger partial charge in [0.15, 0.2) is 0 Å². The van der Waals surface area contributed by atoms with Gasteiger partial charge in [0.1, 0.15) is 6.04 Å². The van der Waals surface area contributed by atoms with Gasteiger partial charge in [0.25, 0.3) is 0 Å². The SMILES string of the molecule is CC(C)CC(NCCC(=O)Nc1ccccc1)C(=O)O. The van der Waals surface area contributed by atoms with E-state index in [1.807, 2.05) is 44.2 Å². The van der Waals surface area contributed by atoms with Crippen molar-refractivity contribution >= 4 is 17.6 Å². The second-order valence-corrected chi connectivity index (χ2v) is 5.14. The van der Waals surface area contributed by atoms with Crippen LogP contribution in [0, 0.1) is 5.92 Å². The van der Waals surface area contributed by atoms with Gasteiger partial charge in [0.2, 0.25) is 5.91 Å². The van der Waals surface area contributed by atoms with Crippen LogP contribution in [-0.4, -0.2) is 29.6 Å². The van der Waals surface area contributed by atoms with E-state index < -0.39 is 12.0 Å². The molecule has 0 spiro atoms. The largest absolute Gasteiger partial charge is 0.480 e. The third-order valence-corrected chi connectivity index (χ3v) is 2.81. The predicted molar refractivity (Wildman–Crippen MR) is 78.6 cm³/mol. The van der Waals surface area contributed by atoms with Gasteiger partial charge in [-0.25, -0.2) is 0 Å². The Morgan fingerprint density at radius 1 is 1.20 bits per heavy atom. The average Bonchev–Trinajstić information content (AvgIpc) is 2.38. The summed E-state index contributed by atoms with van der Waals surface area (Å²) in [6, 6.07) is 8.59. The molecule has 110 valence electrons. The number of benzene rings is 1. The van der Waals surface area contributed by atoms with E-state index in [1.165, 1.54) is 0 Å². The van der Waals surface area contributed by atoms with Crippen LogP contribution in [0.2, 0.25) is 0 Å². The first kappa shape index (κ1) is 16.2. The Hall–Kier alpha value is -1.88. The molecule has 20 heavy (non-hydrogen) atoms. The van der Waals surface area contributed by atoms with Gasteiger partial charge in [-0.2, -0.15) is 0 Å². The van der Waals surface area contributed by atoms with Crippen molar-refractivity contribution in [3.8, 4) is 0 Å². The molecule has 1 atom stereocenters. The highest BCUT2D eigenvalue weighted by Gasteiger charge is 2.18. The Labute approximate surface area is 119 Å². The van der Waals surface area contributed by atoms with E-state index in [4.69, 9.17) is 5.11 Å². The van der Waals surface area contributed by atoms with Crippen LogP contribution in [0.3, 0.4) is 0 Å². The Kier molecular flexibility index (Phi) is 6.73. The van der Waals surface area contributed by atoms with E-state index in [0.717, 1.165) is 5.69 Å². The second-order valence-electron chi connectivity index (χ2n) is 5.14. The molecule has 0 aliphatic rings. The first-order valence-corrected chi connectivity index (χ1v) is 6.80. The number of rotatable bonds is 8. The monoisotopic (exact) mass is 278 g/mol. The molecule has 5 heteroatoms. The fourth-order valence-corrected chi connectivity index (χ4v) is 1.85. The van der Waals surface area contributed by atoms with E-state index in [-0.39, 0.29) is 12.3 Å². The first-order chi connectivity index (χ1) is 9.49. The van der Waals surface area contributed by atoms with Crippen molar-refractivity contribution in [2.24, 2.45) is 5.92 Å². The first-order valence-electron chi connectivity index (χ1n) is 6.80. The number of hydrogen-bond donors (Lipinski definition) is 3. The second kappa shape index (κ2) is 8.32. The number of carboxylic acid groups (broad SMARTS) is 1. The van der Waals surface area contributed by atoms with Crippen molar-refractivity contribution in [3.63, 3.8) is 0 Å². The van der Waals surface area contributed by atoms with Gasteiger partial charge in [0, 0.05) is 18.7 Å². The number of carbonyl (C=O) groups is 2. The highest BCUT2D eigenvalue weighted by Crippen LogP contribution is 2.06. The van der Waals surface area contributed by atoms with E-state index >= 15 is 0 Å². The van der Waals surface area contributed by atoms with Gasteiger partial charge in [0.05, 0.1) is 0 Å². The lowest BCUT2D eigenvalue weighted by atomic mass is 10.0. The quantitative estimate of drug-likeness (QED) is 0.680. The summed E-state index contributed by atoms with van der Waals surface area (Å²) in [6.45, 7) is 4.29. The summed E-state index contributed by atoms with van der Waals surface area (Å²) >= 11 is 0. The van der Waals surface area contributed by atoms with Crippen LogP contribution >= 0.6 is 0 Å². The Morgan fingerprint density at radius 3 is 2.40 bits per heavy atom. The summed E-state index contributed by atoms with van der Waals surface area (Å²) in [7, 11) is 0. The van der Waals surface area contributed by atoms with E-state index in [0.29, 0.717) is 18.9 Å². The lowest BCUT2D eigenvalue weighted by Crippen LogP contribution is -2.39. The van der Waals surface area contributed by atoms with E-state index in [2.05, 4.69) is 10.6 Å². The molecule has 1 amide bonds. The summed E-state index contributed by atoms with van der Waals surface area (Å²) in [5.41, 5.74) is 0.745. The highest BCUT2D eigenvalue weighted by atomic mass is 16.4. The minimum absolute atomic E-state index is 0.127. The molecule has 0 aliphatic carbocycles. The van der Waals surface area contributed by atoms with Crippen molar-refractivity contribution in [2.75, 3.05) is 11.9 Å². The lowest BCUT2D eigenvalue weighted by molar-refractivity contribution is -0.140. The minimum Gasteiger partial charge on any atom is -0.480 e. The van der Waals surface area contributed by atoms with Crippen molar-refractivity contribution < 1.29 is 14.7 Å². The number of para-hydroxylation sites is 1. The topological polar surface area (TPSA) is 78.4 Å². The van der Waals surface area contributed by atoms with Crippen LogP contribution in [0.4, 0.5) is 5.69 Å². The zero-order valence-electron chi connectivity index (χ0n) is 11.9. The molecule has 0 heterocycles. The maximum absolute atomic E-state index is 11.7. The number of carboxylic acids is 1. The molecule has 0 bridgehead atoms. The maximum atomic E-state index is 11.7. The predicted octanol–water partition coefficient (Wildman–Crippen LogP) is 2.10. The number of amides is 1. The van der Waals surface area contributed by atoms with Crippen LogP contribution < -0.4 is 10.6 Å². The van der Waals surface area contributed by atoms with Crippen molar-refractivity contribution in [1.82, 2.24) is 5.32 Å². The summed E-state index contributed by atoms with van der Waals surface area (Å²) in [5.74, 6) is -0.707. The maximum Gasteiger partial charge on any atom is 0.320 e. The number of aliphatic carboxylic acids is 1. The zero-order chi connectivity index (χ0) is 15.0. The van der Waals surface area contributed by atoms with Gasteiger partial charge in [-0.15, -0.1) is 0 Å². The number of nitrogens with one attached hydrogen (secondary N) is 2. The van der Waals surface area contributed by atoms with Crippen LogP contribution in [0.1, 0.15) is 26.7 Å². The fraction of sp³-hybridized carbons (Fsp3) is 0.467. The van der Waals surface area contributed by atoms with Gasteiger partial charge in [-0.1, -0.05) is 32.0 Å². The third-order valence-electron chi connectivity index (χ3n) is 2.81. The van der Waals surface area contributed by atoms with E-state index in [1.54, 1.807) is 0 Å². The van der Waals surface area contributed by atoms with Gasteiger partial charge in [-0.05, 0) is 24.5 Å². The molecule has 1 aromatic carbocycles. The molecule has 0 fully saturated rings. The summed E-state index contributed by atoms with van der Waals surface area (Å²) < 4.78 is 0. The summed E-state index contributed by atoms with van der Waals surface area (Å²) in [5, 5.41) is 14.7. The number of anilines is 1. The minimum atomic E-state index is -0.873. The number of carbonyl (C=O) groups excluding carboxylic acids is 1. The van der Waals surface area contributed by atoms with Crippen LogP contribution in [-0.2, 0) is 9.59 Å². The molecule has 0 saturated carbocycles. The lowest BCUT2D eigenvalue weighted by Gasteiger charge is -2.16. The number of hydrogen-bond acceptors (Lipinski definition) is 3. The fourth-order valence-electron chi connectivity index (χ4n) is 1.85. The molecule has 0 aromatic heterocycles. The van der Waals surface area contributed by atoms with Gasteiger partial charge >= 0.3 is 5.97 Å². The molecule has 0 aliphatic heterocycles. The van der Waals surface area contributed by atoms with Crippen molar-refractivity contribution in [2.45, 2.75) is 32.7 Å². The molecular formula is C15H22N2O3. The molecule has 1 unspecified atom stereocenters. The Bertz CT molecular complexity index is 432. The smallest absolute Gasteiger partial charge is 0.320 e. The highest BCUT2D eigenvalue weighted by molar-refractivity contribution is 5.90. The molecule has 0 radical (unpaired) electrons. The van der Waals surface area contributed by atoms with E-state index in [9.17, 15) is 9.59 Å². The summed E-state index contributed by atoms with van der Waals surface area (Å²) in [4.78, 5) is 22.7. The van der Waals surface area contributed by atoms with Crippen molar-refractivity contribution in [1.29, 1.82) is 0 Å². The standard InChI is InChI=1S/C15H22N2O3/c1-11(2)10-13(15(19)20)16-9-8-14(18)17-12-6-4-3-5-7-12/h3-7,11,13,16H,8-10H2,1-2H3,(H,17,18)(H,19,20). The zero-order valence-corrected chi connectivity index (χ0v) is 11.9. The molecule has 1 aromatic rings.